The van der Waals surface area contributed by atoms with E-state index in [-0.39, 0.29) is 36.0 Å². The van der Waals surface area contributed by atoms with E-state index in [4.69, 9.17) is 0 Å². The van der Waals surface area contributed by atoms with E-state index in [0.29, 0.717) is 12.1 Å². The van der Waals surface area contributed by atoms with Gasteiger partial charge in [0.15, 0.2) is 0 Å². The fourth-order valence-corrected chi connectivity index (χ4v) is 8.13. The summed E-state index contributed by atoms with van der Waals surface area (Å²) in [5, 5.41) is 18.2. The highest BCUT2D eigenvalue weighted by atomic mass is 127. The number of urea groups is 1. The zero-order chi connectivity index (χ0) is 27.7. The van der Waals surface area contributed by atoms with Gasteiger partial charge < -0.3 is 44.2 Å². The number of benzene rings is 3. The second kappa shape index (κ2) is 12.4. The van der Waals surface area contributed by atoms with Crippen LogP contribution in [-0.4, -0.2) is 41.3 Å². The van der Waals surface area contributed by atoms with E-state index in [2.05, 4.69) is 41.9 Å². The van der Waals surface area contributed by atoms with Crippen LogP contribution in [0.3, 0.4) is 0 Å². The minimum Gasteiger partial charge on any atom is -1.00 e. The topological polar surface area (TPSA) is 61.4 Å². The highest BCUT2D eigenvalue weighted by Crippen LogP contribution is 2.57. The maximum Gasteiger partial charge on any atom is 0.315 e. The predicted octanol–water partition coefficient (Wildman–Crippen LogP) is 3.60. The zero-order valence-corrected chi connectivity index (χ0v) is 26.5. The molecule has 218 valence electrons. The average Bonchev–Trinajstić information content (AvgIpc) is 3.45. The van der Waals surface area contributed by atoms with Gasteiger partial charge in [-0.1, -0.05) is 84.9 Å². The smallest absolute Gasteiger partial charge is 0.315 e. The molecule has 0 aromatic heterocycles. The Morgan fingerprint density at radius 2 is 1.32 bits per heavy atom. The van der Waals surface area contributed by atoms with Crippen LogP contribution in [0.2, 0.25) is 0 Å². The molecule has 1 unspecified atom stereocenters. The molecule has 2 aliphatic heterocycles. The first-order chi connectivity index (χ1) is 19.4. The number of fused-ring (bicyclic) bond motifs is 5. The molecule has 2 amide bonds. The van der Waals surface area contributed by atoms with Crippen molar-refractivity contribution >= 4 is 6.03 Å². The molecule has 2 heterocycles. The minimum absolute atomic E-state index is 0. The Morgan fingerprint density at radius 1 is 0.829 bits per heavy atom. The van der Waals surface area contributed by atoms with Gasteiger partial charge in [-0.2, -0.15) is 0 Å². The molecule has 2 bridgehead atoms. The summed E-state index contributed by atoms with van der Waals surface area (Å²) in [5.41, 5.74) is 3.40. The first-order valence-electron chi connectivity index (χ1n) is 15.2. The number of carbonyl (C=O) groups excluding carboxylic acids is 1. The molecule has 3 aliphatic rings. The van der Waals surface area contributed by atoms with Gasteiger partial charge in [-0.05, 0) is 56.1 Å². The Kier molecular flexibility index (Phi) is 9.12. The van der Waals surface area contributed by atoms with Crippen molar-refractivity contribution in [2.45, 2.75) is 81.6 Å². The Labute approximate surface area is 262 Å². The predicted molar refractivity (Wildman–Crippen MR) is 160 cm³/mol. The van der Waals surface area contributed by atoms with Crippen LogP contribution in [0.1, 0.15) is 86.2 Å². The number of hydrogen-bond acceptors (Lipinski definition) is 2. The molecule has 3 aromatic rings. The third-order valence-corrected chi connectivity index (χ3v) is 10.5. The summed E-state index contributed by atoms with van der Waals surface area (Å²) in [6.45, 7) is 3.13. The minimum atomic E-state index is -1.33. The van der Waals surface area contributed by atoms with Crippen LogP contribution in [0.25, 0.3) is 0 Å². The van der Waals surface area contributed by atoms with Crippen molar-refractivity contribution in [3.63, 3.8) is 0 Å². The van der Waals surface area contributed by atoms with Crippen LogP contribution in [-0.2, 0) is 5.60 Å². The number of nitrogens with one attached hydrogen (secondary N) is 2. The Morgan fingerprint density at radius 3 is 1.83 bits per heavy atom. The number of amides is 2. The molecule has 1 saturated carbocycles. The molecular formula is C35H44IN3O2. The van der Waals surface area contributed by atoms with Gasteiger partial charge in [0.1, 0.15) is 17.7 Å². The third kappa shape index (κ3) is 5.67. The molecule has 6 rings (SSSR count). The average molecular weight is 666 g/mol. The molecule has 6 heteroatoms. The second-order valence-electron chi connectivity index (χ2n) is 12.7. The molecule has 3 N–H and O–H groups in total. The van der Waals surface area contributed by atoms with Crippen molar-refractivity contribution in [1.82, 2.24) is 10.6 Å². The van der Waals surface area contributed by atoms with Gasteiger partial charge in [-0.25, -0.2) is 4.79 Å². The highest BCUT2D eigenvalue weighted by molar-refractivity contribution is 5.75. The van der Waals surface area contributed by atoms with Crippen molar-refractivity contribution in [3.8, 4) is 0 Å². The van der Waals surface area contributed by atoms with Crippen molar-refractivity contribution in [1.29, 1.82) is 0 Å². The first-order valence-corrected chi connectivity index (χ1v) is 15.2. The quantitative estimate of drug-likeness (QED) is 0.255. The first kappa shape index (κ1) is 30.1. The molecular weight excluding hydrogens is 621 g/mol. The summed E-state index contributed by atoms with van der Waals surface area (Å²) >= 11 is 0. The SMILES string of the molecule is C[C@@H](NC(=O)NC1CCC(CC[N+]2(C)[C@@H]3CC[C@H]2c2ccccc23)CC1)C(O)(c1ccccc1)c1ccccc1.[I-]. The van der Waals surface area contributed by atoms with E-state index in [1.165, 1.54) is 43.1 Å². The van der Waals surface area contributed by atoms with Crippen LogP contribution in [0, 0.1) is 5.92 Å². The third-order valence-electron chi connectivity index (χ3n) is 10.5. The number of carbonyl (C=O) groups is 1. The van der Waals surface area contributed by atoms with Gasteiger partial charge in [0.25, 0.3) is 0 Å². The van der Waals surface area contributed by atoms with Crippen LogP contribution in [0.4, 0.5) is 4.79 Å². The van der Waals surface area contributed by atoms with E-state index >= 15 is 0 Å². The monoisotopic (exact) mass is 665 g/mol. The fraction of sp³-hybridized carbons (Fsp3) is 0.457. The summed E-state index contributed by atoms with van der Waals surface area (Å²) in [5.74, 6) is 0.736. The van der Waals surface area contributed by atoms with Gasteiger partial charge in [0.05, 0.1) is 19.6 Å². The van der Waals surface area contributed by atoms with Crippen molar-refractivity contribution < 1.29 is 38.4 Å². The van der Waals surface area contributed by atoms with Gasteiger partial charge in [0.2, 0.25) is 0 Å². The number of quaternary nitrogens is 1. The summed E-state index contributed by atoms with van der Waals surface area (Å²) in [6.07, 6.45) is 8.30. The van der Waals surface area contributed by atoms with Gasteiger partial charge >= 0.3 is 6.03 Å². The molecule has 4 atom stereocenters. The lowest BCUT2D eigenvalue weighted by Gasteiger charge is -2.38. The van der Waals surface area contributed by atoms with Gasteiger partial charge in [-0.3, -0.25) is 0 Å². The highest BCUT2D eigenvalue weighted by Gasteiger charge is 2.54. The van der Waals surface area contributed by atoms with Crippen LogP contribution >= 0.6 is 0 Å². The summed E-state index contributed by atoms with van der Waals surface area (Å²) in [4.78, 5) is 13.1. The molecule has 41 heavy (non-hydrogen) atoms. The van der Waals surface area contributed by atoms with E-state index < -0.39 is 11.6 Å². The van der Waals surface area contributed by atoms with Crippen molar-refractivity contribution in [3.05, 3.63) is 107 Å². The number of nitrogens with zero attached hydrogens (tertiary/aromatic N) is 1. The lowest BCUT2D eigenvalue weighted by atomic mass is 9.81. The largest absolute Gasteiger partial charge is 1.00 e. The molecule has 3 aromatic carbocycles. The fourth-order valence-electron chi connectivity index (χ4n) is 8.13. The van der Waals surface area contributed by atoms with Gasteiger partial charge in [0, 0.05) is 30.0 Å². The zero-order valence-electron chi connectivity index (χ0n) is 24.3. The Hall–Kier alpha value is -2.42. The summed E-state index contributed by atoms with van der Waals surface area (Å²) in [7, 11) is 2.49. The van der Waals surface area contributed by atoms with Crippen molar-refractivity contribution in [2.24, 2.45) is 5.92 Å². The molecule has 1 aliphatic carbocycles. The summed E-state index contributed by atoms with van der Waals surface area (Å²) in [6, 6.07) is 29.2. The number of rotatable bonds is 8. The summed E-state index contributed by atoms with van der Waals surface area (Å²) < 4.78 is 1.20. The van der Waals surface area contributed by atoms with Gasteiger partial charge in [-0.15, -0.1) is 0 Å². The maximum atomic E-state index is 13.1. The van der Waals surface area contributed by atoms with E-state index in [0.717, 1.165) is 29.9 Å². The molecule has 0 spiro atoms. The van der Waals surface area contributed by atoms with Crippen molar-refractivity contribution in [2.75, 3.05) is 13.6 Å². The van der Waals surface area contributed by atoms with E-state index in [9.17, 15) is 9.90 Å². The van der Waals surface area contributed by atoms with Crippen LogP contribution in [0.15, 0.2) is 84.9 Å². The van der Waals surface area contributed by atoms with Crippen LogP contribution < -0.4 is 34.6 Å². The molecule has 5 nitrogen and oxygen atoms in total. The Bertz CT molecular complexity index is 1240. The molecule has 0 radical (unpaired) electrons. The Balaban J connectivity index is 0.00000337. The molecule has 1 saturated heterocycles. The van der Waals surface area contributed by atoms with Crippen LogP contribution in [0.5, 0.6) is 0 Å². The standard InChI is InChI=1S/C35H43N3O2.HI/c1-25(35(40,27-11-5-3-6-12-27)28-13-7-4-8-14-28)36-34(39)37-29-19-17-26(18-20-29)23-24-38(2)32-21-22-33(38)31-16-10-9-15-30(31)32;/h3-16,25-26,29,32-33,40H,17-24H2,1-2H3,(H-,36,37,39);1H/t25-,26?,29?,32-,33+,38?;/m1./s1. The normalized spacial score (nSPS) is 27.4. The number of hydrogen-bond donors (Lipinski definition) is 3. The molecule has 2 fully saturated rings. The van der Waals surface area contributed by atoms with E-state index in [1.807, 2.05) is 67.6 Å². The lowest BCUT2D eigenvalue weighted by Crippen LogP contribution is -3.00. The lowest BCUT2D eigenvalue weighted by molar-refractivity contribution is -0.948. The number of halogens is 1. The maximum absolute atomic E-state index is 13.1. The van der Waals surface area contributed by atoms with E-state index in [1.54, 1.807) is 11.1 Å². The number of aliphatic hydroxyl groups is 1. The second-order valence-corrected chi connectivity index (χ2v) is 12.7.